The Morgan fingerprint density at radius 2 is 2.05 bits per heavy atom. The van der Waals surface area contributed by atoms with E-state index in [1.807, 2.05) is 6.92 Å². The first-order valence-electron chi connectivity index (χ1n) is 5.90. The molecule has 19 heavy (non-hydrogen) atoms. The summed E-state index contributed by atoms with van der Waals surface area (Å²) in [5.41, 5.74) is 0.472. The highest BCUT2D eigenvalue weighted by Crippen LogP contribution is 2.24. The molecule has 5 nitrogen and oxygen atoms in total. The number of aromatic amines is 1. The number of nitrogens with zero attached hydrogens (tertiary/aromatic N) is 1. The number of H-pyrrole nitrogens is 1. The van der Waals surface area contributed by atoms with Crippen LogP contribution in [-0.2, 0) is 6.54 Å². The van der Waals surface area contributed by atoms with Gasteiger partial charge in [-0.25, -0.2) is 0 Å². The van der Waals surface area contributed by atoms with Crippen LogP contribution >= 0.6 is 15.9 Å². The van der Waals surface area contributed by atoms with E-state index in [0.29, 0.717) is 17.9 Å². The van der Waals surface area contributed by atoms with Gasteiger partial charge in [0.25, 0.3) is 5.56 Å². The summed E-state index contributed by atoms with van der Waals surface area (Å²) in [5.74, 6) is 0.171. The highest BCUT2D eigenvalue weighted by molar-refractivity contribution is 9.10. The molecule has 0 bridgehead atoms. The van der Waals surface area contributed by atoms with Crippen LogP contribution in [0.3, 0.4) is 0 Å². The highest BCUT2D eigenvalue weighted by Gasteiger charge is 2.12. The maximum absolute atomic E-state index is 12.0. The van der Waals surface area contributed by atoms with Gasteiger partial charge in [0.05, 0.1) is 6.54 Å². The van der Waals surface area contributed by atoms with Crippen LogP contribution in [-0.4, -0.2) is 21.6 Å². The van der Waals surface area contributed by atoms with Crippen molar-refractivity contribution in [3.05, 3.63) is 44.9 Å². The molecule has 1 aromatic carbocycles. The molecule has 0 radical (unpaired) electrons. The monoisotopic (exact) mass is 323 g/mol. The first kappa shape index (κ1) is 13.8. The van der Waals surface area contributed by atoms with E-state index >= 15 is 0 Å². The molecular weight excluding hydrogens is 310 g/mol. The van der Waals surface area contributed by atoms with E-state index in [9.17, 15) is 9.90 Å². The third-order valence-electron chi connectivity index (χ3n) is 2.62. The van der Waals surface area contributed by atoms with Crippen molar-refractivity contribution < 1.29 is 5.11 Å². The van der Waals surface area contributed by atoms with Crippen molar-refractivity contribution in [1.82, 2.24) is 15.3 Å². The second-order valence-electron chi connectivity index (χ2n) is 4.00. The van der Waals surface area contributed by atoms with Gasteiger partial charge in [-0.15, -0.1) is 0 Å². The molecule has 0 aliphatic carbocycles. The molecule has 0 aliphatic rings. The van der Waals surface area contributed by atoms with Gasteiger partial charge in [-0.1, -0.05) is 35.0 Å². The summed E-state index contributed by atoms with van der Waals surface area (Å²) in [6.45, 7) is 3.13. The Hall–Kier alpha value is -1.66. The lowest BCUT2D eigenvalue weighted by Gasteiger charge is -2.06. The zero-order valence-electron chi connectivity index (χ0n) is 10.4. The number of nitrogens with one attached hydrogen (secondary N) is 2. The van der Waals surface area contributed by atoms with Crippen molar-refractivity contribution >= 4 is 15.9 Å². The molecule has 100 valence electrons. The predicted molar refractivity (Wildman–Crippen MR) is 77.0 cm³/mol. The van der Waals surface area contributed by atoms with Gasteiger partial charge in [0.15, 0.2) is 0 Å². The Balaban J connectivity index is 2.42. The zero-order valence-corrected chi connectivity index (χ0v) is 12.0. The van der Waals surface area contributed by atoms with E-state index < -0.39 is 0 Å². The van der Waals surface area contributed by atoms with Gasteiger partial charge in [-0.2, -0.15) is 4.98 Å². The van der Waals surface area contributed by atoms with Crippen LogP contribution in [0.1, 0.15) is 12.7 Å². The molecule has 3 N–H and O–H groups in total. The van der Waals surface area contributed by atoms with E-state index in [1.165, 1.54) is 0 Å². The van der Waals surface area contributed by atoms with Crippen LogP contribution in [0.25, 0.3) is 11.1 Å². The lowest BCUT2D eigenvalue weighted by molar-refractivity contribution is 0.448. The third kappa shape index (κ3) is 3.21. The van der Waals surface area contributed by atoms with Crippen molar-refractivity contribution in [2.75, 3.05) is 6.54 Å². The standard InChI is InChI=1S/C13H14BrN3O2/c1-2-15-7-10-16-12(18)11(13(19)17-10)8-3-5-9(14)6-4-8/h3-6,15H,2,7H2,1H3,(H2,16,17,18,19). The van der Waals surface area contributed by atoms with Gasteiger partial charge in [0, 0.05) is 4.47 Å². The summed E-state index contributed by atoms with van der Waals surface area (Å²) < 4.78 is 0.906. The molecule has 1 aromatic heterocycles. The number of halogens is 1. The lowest BCUT2D eigenvalue weighted by Crippen LogP contribution is -2.20. The van der Waals surface area contributed by atoms with E-state index in [1.54, 1.807) is 24.3 Å². The summed E-state index contributed by atoms with van der Waals surface area (Å²) in [7, 11) is 0. The number of hydrogen-bond donors (Lipinski definition) is 3. The van der Waals surface area contributed by atoms with Gasteiger partial charge in [-0.3, -0.25) is 4.79 Å². The lowest BCUT2D eigenvalue weighted by atomic mass is 10.1. The molecular formula is C13H14BrN3O2. The molecule has 6 heteroatoms. The Bertz CT molecular complexity index is 623. The minimum Gasteiger partial charge on any atom is -0.493 e. The second-order valence-corrected chi connectivity index (χ2v) is 4.91. The average molecular weight is 324 g/mol. The fourth-order valence-electron chi connectivity index (χ4n) is 1.71. The molecule has 0 spiro atoms. The van der Waals surface area contributed by atoms with E-state index in [-0.39, 0.29) is 17.0 Å². The van der Waals surface area contributed by atoms with Crippen molar-refractivity contribution in [2.24, 2.45) is 0 Å². The summed E-state index contributed by atoms with van der Waals surface area (Å²) in [6, 6.07) is 7.11. The molecule has 2 rings (SSSR count). The van der Waals surface area contributed by atoms with Gasteiger partial charge in [-0.05, 0) is 24.2 Å². The molecule has 0 aliphatic heterocycles. The third-order valence-corrected chi connectivity index (χ3v) is 3.15. The van der Waals surface area contributed by atoms with Crippen LogP contribution in [0.5, 0.6) is 5.88 Å². The summed E-state index contributed by atoms with van der Waals surface area (Å²) in [6.07, 6.45) is 0. The minimum absolute atomic E-state index is 0.188. The molecule has 2 aromatic rings. The van der Waals surface area contributed by atoms with Crippen molar-refractivity contribution in [1.29, 1.82) is 0 Å². The van der Waals surface area contributed by atoms with Crippen LogP contribution in [0.15, 0.2) is 33.5 Å². The van der Waals surface area contributed by atoms with Gasteiger partial charge >= 0.3 is 0 Å². The van der Waals surface area contributed by atoms with Crippen molar-refractivity contribution in [2.45, 2.75) is 13.5 Å². The quantitative estimate of drug-likeness (QED) is 0.804. The van der Waals surface area contributed by atoms with Crippen LogP contribution in [0.2, 0.25) is 0 Å². The van der Waals surface area contributed by atoms with Gasteiger partial charge < -0.3 is 15.4 Å². The topological polar surface area (TPSA) is 78.0 Å². The maximum atomic E-state index is 12.0. The van der Waals surface area contributed by atoms with Crippen LogP contribution in [0.4, 0.5) is 0 Å². The van der Waals surface area contributed by atoms with E-state index in [4.69, 9.17) is 0 Å². The fourth-order valence-corrected chi connectivity index (χ4v) is 1.97. The number of hydrogen-bond acceptors (Lipinski definition) is 4. The number of benzene rings is 1. The summed E-state index contributed by atoms with van der Waals surface area (Å²) in [5, 5.41) is 13.0. The summed E-state index contributed by atoms with van der Waals surface area (Å²) in [4.78, 5) is 18.7. The Morgan fingerprint density at radius 3 is 2.63 bits per heavy atom. The van der Waals surface area contributed by atoms with Crippen molar-refractivity contribution in [3.63, 3.8) is 0 Å². The first-order valence-corrected chi connectivity index (χ1v) is 6.70. The Morgan fingerprint density at radius 1 is 1.37 bits per heavy atom. The van der Waals surface area contributed by atoms with E-state index in [2.05, 4.69) is 31.2 Å². The summed E-state index contributed by atoms with van der Waals surface area (Å²) >= 11 is 3.32. The minimum atomic E-state index is -0.345. The van der Waals surface area contributed by atoms with Crippen LogP contribution in [0, 0.1) is 0 Å². The predicted octanol–water partition coefficient (Wildman–Crippen LogP) is 2.01. The van der Waals surface area contributed by atoms with E-state index in [0.717, 1.165) is 11.0 Å². The second kappa shape index (κ2) is 5.99. The Labute approximate surface area is 118 Å². The molecule has 0 saturated carbocycles. The Kier molecular flexibility index (Phi) is 4.34. The van der Waals surface area contributed by atoms with Crippen molar-refractivity contribution in [3.8, 4) is 17.0 Å². The fraction of sp³-hybridized carbons (Fsp3) is 0.231. The maximum Gasteiger partial charge on any atom is 0.262 e. The number of aromatic hydroxyl groups is 1. The number of rotatable bonds is 4. The highest BCUT2D eigenvalue weighted by atomic mass is 79.9. The number of aromatic nitrogens is 2. The molecule has 0 amide bonds. The molecule has 0 atom stereocenters. The van der Waals surface area contributed by atoms with Gasteiger partial charge in [0.1, 0.15) is 11.4 Å². The van der Waals surface area contributed by atoms with Gasteiger partial charge in [0.2, 0.25) is 5.88 Å². The molecule has 0 fully saturated rings. The smallest absolute Gasteiger partial charge is 0.262 e. The largest absolute Gasteiger partial charge is 0.493 e. The SMILES string of the molecule is CCNCc1nc(O)c(-c2ccc(Br)cc2)c(=O)[nH]1. The normalized spacial score (nSPS) is 10.6. The molecule has 1 heterocycles. The average Bonchev–Trinajstić information content (AvgIpc) is 2.38. The molecule has 0 saturated heterocycles. The zero-order chi connectivity index (χ0) is 13.8. The van der Waals surface area contributed by atoms with Crippen LogP contribution < -0.4 is 10.9 Å². The first-order chi connectivity index (χ1) is 9.11. The molecule has 0 unspecified atom stereocenters.